The maximum absolute atomic E-state index is 14.3. The zero-order chi connectivity index (χ0) is 27.2. The number of carbonyl (C=O) groups excluding carboxylic acids is 3. The first kappa shape index (κ1) is 27.5. The molecule has 3 amide bonds. The van der Waals surface area contributed by atoms with E-state index >= 15 is 0 Å². The van der Waals surface area contributed by atoms with E-state index in [-0.39, 0.29) is 30.9 Å². The molecule has 37 heavy (non-hydrogen) atoms. The van der Waals surface area contributed by atoms with Gasteiger partial charge in [-0.05, 0) is 52.7 Å². The van der Waals surface area contributed by atoms with E-state index in [1.54, 1.807) is 38.6 Å². The van der Waals surface area contributed by atoms with E-state index in [1.807, 2.05) is 51.1 Å². The second kappa shape index (κ2) is 9.95. The average molecular weight is 526 g/mol. The number of benzene rings is 1. The molecule has 1 spiro atoms. The number of amides is 3. The molecule has 8 heteroatoms. The van der Waals surface area contributed by atoms with E-state index in [2.05, 4.69) is 20.1 Å². The van der Waals surface area contributed by atoms with Gasteiger partial charge in [-0.2, -0.15) is 0 Å². The summed E-state index contributed by atoms with van der Waals surface area (Å²) in [5, 5.41) is 9.88. The van der Waals surface area contributed by atoms with Gasteiger partial charge in [-0.25, -0.2) is 0 Å². The smallest absolute Gasteiger partial charge is 0.247 e. The third kappa shape index (κ3) is 4.32. The van der Waals surface area contributed by atoms with Crippen LogP contribution in [0.3, 0.4) is 0 Å². The molecule has 2 unspecified atom stereocenters. The van der Waals surface area contributed by atoms with Gasteiger partial charge in [0.1, 0.15) is 6.04 Å². The maximum atomic E-state index is 14.3. The summed E-state index contributed by atoms with van der Waals surface area (Å²) >= 11 is 1.64. The third-order valence-electron chi connectivity index (χ3n) is 8.15. The van der Waals surface area contributed by atoms with Crippen molar-refractivity contribution >= 4 is 35.2 Å². The van der Waals surface area contributed by atoms with E-state index in [1.165, 1.54) is 0 Å². The highest BCUT2D eigenvalue weighted by Crippen LogP contribution is 2.71. The molecule has 1 aromatic carbocycles. The number of carbonyl (C=O) groups is 3. The van der Waals surface area contributed by atoms with Crippen LogP contribution in [0.5, 0.6) is 0 Å². The number of likely N-dealkylation sites (tertiary alicyclic amines) is 1. The molecule has 1 aromatic rings. The molecule has 7 nitrogen and oxygen atoms in total. The number of anilines is 1. The van der Waals surface area contributed by atoms with E-state index in [4.69, 9.17) is 0 Å². The van der Waals surface area contributed by atoms with Crippen LogP contribution in [0.25, 0.3) is 0 Å². The number of thioether (sulfide) groups is 1. The minimum Gasteiger partial charge on any atom is -0.395 e. The predicted octanol–water partition coefficient (Wildman–Crippen LogP) is 3.49. The number of hydrogen-bond donors (Lipinski definition) is 1. The van der Waals surface area contributed by atoms with Crippen LogP contribution in [-0.2, 0) is 14.4 Å². The van der Waals surface area contributed by atoms with Crippen LogP contribution < -0.4 is 4.90 Å². The van der Waals surface area contributed by atoms with Crippen LogP contribution in [0.2, 0.25) is 0 Å². The second-order valence-electron chi connectivity index (χ2n) is 11.5. The molecule has 0 aromatic heterocycles. The third-order valence-corrected chi connectivity index (χ3v) is 10.1. The zero-order valence-electron chi connectivity index (χ0n) is 22.4. The minimum absolute atomic E-state index is 0.0623. The second-order valence-corrected chi connectivity index (χ2v) is 13.4. The first-order chi connectivity index (χ1) is 17.5. The van der Waals surface area contributed by atoms with Gasteiger partial charge in [0.2, 0.25) is 17.7 Å². The van der Waals surface area contributed by atoms with Crippen molar-refractivity contribution < 1.29 is 19.5 Å². The predicted molar refractivity (Wildman–Crippen MR) is 148 cm³/mol. The summed E-state index contributed by atoms with van der Waals surface area (Å²) in [6, 6.07) is 8.70. The van der Waals surface area contributed by atoms with Crippen molar-refractivity contribution in [3.05, 3.63) is 55.6 Å². The zero-order valence-corrected chi connectivity index (χ0v) is 23.2. The Balaban J connectivity index is 1.80. The quantitative estimate of drug-likeness (QED) is 0.499. The molecule has 3 heterocycles. The Labute approximate surface area is 224 Å². The lowest BCUT2D eigenvalue weighted by Gasteiger charge is -2.42. The van der Waals surface area contributed by atoms with E-state index in [9.17, 15) is 19.5 Å². The molecular formula is C29H39N3O4S. The van der Waals surface area contributed by atoms with E-state index in [0.29, 0.717) is 19.5 Å². The fourth-order valence-electron chi connectivity index (χ4n) is 6.63. The molecule has 3 saturated heterocycles. The van der Waals surface area contributed by atoms with E-state index in [0.717, 1.165) is 12.1 Å². The van der Waals surface area contributed by atoms with Crippen LogP contribution in [0.15, 0.2) is 55.6 Å². The van der Waals surface area contributed by atoms with Gasteiger partial charge in [0, 0.05) is 35.6 Å². The monoisotopic (exact) mass is 525 g/mol. The highest BCUT2D eigenvalue weighted by molar-refractivity contribution is 8.02. The average Bonchev–Trinajstić information content (AvgIpc) is 3.41. The summed E-state index contributed by atoms with van der Waals surface area (Å²) in [5.41, 5.74) is 0.274. The number of para-hydroxylation sites is 1. The largest absolute Gasteiger partial charge is 0.395 e. The summed E-state index contributed by atoms with van der Waals surface area (Å²) in [7, 11) is 0. The summed E-state index contributed by atoms with van der Waals surface area (Å²) in [5.74, 6) is -1.68. The molecule has 0 saturated carbocycles. The van der Waals surface area contributed by atoms with Gasteiger partial charge in [-0.15, -0.1) is 24.9 Å². The molecule has 3 aliphatic heterocycles. The topological polar surface area (TPSA) is 81.2 Å². The van der Waals surface area contributed by atoms with Crippen molar-refractivity contribution in [1.29, 1.82) is 0 Å². The minimum atomic E-state index is -0.745. The number of β-amino-alcohol motifs (C(OH)–C–C–N with tert-alkyl or cyclic N) is 1. The Bertz CT molecular complexity index is 1090. The van der Waals surface area contributed by atoms with Gasteiger partial charge in [0.25, 0.3) is 0 Å². The standard InChI is InChI=1S/C29H39N3O4S/c1-7-16-30(20-12-10-9-11-13-20)24(34)21-22-25(35)31(18-19-33)23(29(22)15-14-28(21,6)37-29)26(36)32(17-8-2)27(3,4)5/h7-13,21-23,33H,1-2,14-19H2,3-6H3/t21-,22-,23?,28+,29?/m0/s1. The van der Waals surface area contributed by atoms with Crippen LogP contribution in [0, 0.1) is 11.8 Å². The highest BCUT2D eigenvalue weighted by Gasteiger charge is 2.77. The Morgan fingerprint density at radius 2 is 1.78 bits per heavy atom. The number of aliphatic hydroxyl groups is 1. The molecule has 5 atom stereocenters. The fourth-order valence-corrected chi connectivity index (χ4v) is 8.97. The summed E-state index contributed by atoms with van der Waals surface area (Å²) in [6.07, 6.45) is 4.81. The lowest BCUT2D eigenvalue weighted by atomic mass is 9.66. The number of rotatable bonds is 9. The van der Waals surface area contributed by atoms with Gasteiger partial charge in [0.05, 0.1) is 23.2 Å². The van der Waals surface area contributed by atoms with Crippen molar-refractivity contribution in [1.82, 2.24) is 9.80 Å². The molecule has 1 N–H and O–H groups in total. The summed E-state index contributed by atoms with van der Waals surface area (Å²) in [4.78, 5) is 47.7. The summed E-state index contributed by atoms with van der Waals surface area (Å²) < 4.78 is -1.19. The molecular weight excluding hydrogens is 486 g/mol. The van der Waals surface area contributed by atoms with Gasteiger partial charge < -0.3 is 19.8 Å². The summed E-state index contributed by atoms with van der Waals surface area (Å²) in [6.45, 7) is 16.2. The molecule has 0 radical (unpaired) electrons. The molecule has 0 aliphatic carbocycles. The van der Waals surface area contributed by atoms with Crippen molar-refractivity contribution in [3.8, 4) is 0 Å². The van der Waals surface area contributed by atoms with Crippen molar-refractivity contribution in [3.63, 3.8) is 0 Å². The van der Waals surface area contributed by atoms with Crippen molar-refractivity contribution in [2.75, 3.05) is 31.1 Å². The normalized spacial score (nSPS) is 30.2. The van der Waals surface area contributed by atoms with Crippen LogP contribution in [0.4, 0.5) is 5.69 Å². The van der Waals surface area contributed by atoms with Gasteiger partial charge in [-0.3, -0.25) is 14.4 Å². The molecule has 200 valence electrons. The van der Waals surface area contributed by atoms with E-state index < -0.39 is 32.9 Å². The number of aliphatic hydroxyl groups excluding tert-OH is 1. The Hall–Kier alpha value is -2.58. The highest BCUT2D eigenvalue weighted by atomic mass is 32.2. The van der Waals surface area contributed by atoms with Crippen LogP contribution in [-0.4, -0.2) is 79.9 Å². The van der Waals surface area contributed by atoms with Crippen LogP contribution >= 0.6 is 11.8 Å². The molecule has 3 aliphatic rings. The van der Waals surface area contributed by atoms with Crippen LogP contribution in [0.1, 0.15) is 40.5 Å². The van der Waals surface area contributed by atoms with Crippen molar-refractivity contribution in [2.24, 2.45) is 11.8 Å². The Kier molecular flexibility index (Phi) is 7.38. The van der Waals surface area contributed by atoms with Gasteiger partial charge >= 0.3 is 0 Å². The number of fused-ring (bicyclic) bond motifs is 1. The van der Waals surface area contributed by atoms with Gasteiger partial charge in [-0.1, -0.05) is 30.4 Å². The van der Waals surface area contributed by atoms with Gasteiger partial charge in [0.15, 0.2) is 0 Å². The lowest BCUT2D eigenvalue weighted by Crippen LogP contribution is -2.59. The Morgan fingerprint density at radius 3 is 2.35 bits per heavy atom. The fraction of sp³-hybridized carbons (Fsp3) is 0.552. The van der Waals surface area contributed by atoms with Crippen molar-refractivity contribution in [2.45, 2.75) is 61.6 Å². The Morgan fingerprint density at radius 1 is 1.14 bits per heavy atom. The first-order valence-corrected chi connectivity index (χ1v) is 13.8. The SMILES string of the molecule is C=CCN(C(=O)[C@@H]1[C@H]2C(=O)N(CCO)C(C(=O)N(CC=C)C(C)(C)C)C23CC[C@@]1(C)S3)c1ccccc1. The number of hydrogen-bond acceptors (Lipinski definition) is 5. The number of nitrogens with zero attached hydrogens (tertiary/aromatic N) is 3. The molecule has 2 bridgehead atoms. The maximum Gasteiger partial charge on any atom is 0.247 e. The lowest BCUT2D eigenvalue weighted by molar-refractivity contribution is -0.145. The molecule has 4 rings (SSSR count). The first-order valence-electron chi connectivity index (χ1n) is 13.0. The molecule has 3 fully saturated rings.